The third-order valence-corrected chi connectivity index (χ3v) is 6.58. The molecule has 1 saturated heterocycles. The number of aromatic nitrogens is 3. The van der Waals surface area contributed by atoms with Gasteiger partial charge in [-0.25, -0.2) is 9.37 Å². The molecule has 1 aromatic carbocycles. The van der Waals surface area contributed by atoms with Crippen LogP contribution >= 0.6 is 0 Å². The standard InChI is InChI=1S/C25H27F4N5O5/c1-14-30-22-19(24(38)34(14)11-15-4-3-5-16(26)10-15)21(39-13-25(27,28)29)20(32(22)2)23(37)31-17-6-8-33(9-7-17)18(36)12-35/h3-5,10,17,35H,6-9,11-13H2,1-2H3,(H,31,37). The van der Waals surface area contributed by atoms with Crippen LogP contribution in [0.15, 0.2) is 29.1 Å². The first-order valence-electron chi connectivity index (χ1n) is 12.1. The number of hydrogen-bond donors (Lipinski definition) is 2. The minimum absolute atomic E-state index is 0.0429. The zero-order valence-electron chi connectivity index (χ0n) is 21.2. The van der Waals surface area contributed by atoms with Crippen LogP contribution in [0.1, 0.15) is 34.7 Å². The molecule has 0 saturated carbocycles. The lowest BCUT2D eigenvalue weighted by Gasteiger charge is -2.32. The lowest BCUT2D eigenvalue weighted by molar-refractivity contribution is -0.153. The van der Waals surface area contributed by atoms with Crippen molar-refractivity contribution in [3.63, 3.8) is 0 Å². The van der Waals surface area contributed by atoms with E-state index < -0.39 is 54.4 Å². The number of alkyl halides is 3. The van der Waals surface area contributed by atoms with Gasteiger partial charge in [0.25, 0.3) is 11.5 Å². The van der Waals surface area contributed by atoms with Crippen molar-refractivity contribution in [2.45, 2.75) is 38.5 Å². The number of aliphatic hydroxyl groups is 1. The van der Waals surface area contributed by atoms with Crippen LogP contribution in [0, 0.1) is 12.7 Å². The van der Waals surface area contributed by atoms with Crippen molar-refractivity contribution < 1.29 is 37.0 Å². The fourth-order valence-corrected chi connectivity index (χ4v) is 4.65. The maximum Gasteiger partial charge on any atom is 0.422 e. The molecule has 2 aromatic heterocycles. The Morgan fingerprint density at radius 3 is 2.54 bits per heavy atom. The number of amides is 2. The number of benzene rings is 1. The van der Waals surface area contributed by atoms with Crippen molar-refractivity contribution in [2.24, 2.45) is 7.05 Å². The quantitative estimate of drug-likeness (QED) is 0.432. The number of nitrogens with one attached hydrogen (secondary N) is 1. The van der Waals surface area contributed by atoms with E-state index in [1.165, 1.54) is 46.2 Å². The lowest BCUT2D eigenvalue weighted by atomic mass is 10.0. The first kappa shape index (κ1) is 28.1. The number of hydrogen-bond acceptors (Lipinski definition) is 6. The number of aliphatic hydroxyl groups excluding tert-OH is 1. The van der Waals surface area contributed by atoms with E-state index in [0.717, 1.165) is 0 Å². The van der Waals surface area contributed by atoms with Gasteiger partial charge < -0.3 is 24.6 Å². The zero-order chi connectivity index (χ0) is 28.5. The molecule has 1 fully saturated rings. The van der Waals surface area contributed by atoms with Crippen molar-refractivity contribution in [3.05, 3.63) is 57.5 Å². The van der Waals surface area contributed by atoms with Crippen LogP contribution in [0.2, 0.25) is 0 Å². The Bertz CT molecular complexity index is 1460. The van der Waals surface area contributed by atoms with Crippen LogP contribution in [-0.2, 0) is 18.4 Å². The number of halogens is 4. The number of carbonyl (C=O) groups excluding carboxylic acids is 2. The van der Waals surface area contributed by atoms with E-state index in [-0.39, 0.29) is 42.2 Å². The summed E-state index contributed by atoms with van der Waals surface area (Å²) in [6, 6.07) is 5.10. The highest BCUT2D eigenvalue weighted by Crippen LogP contribution is 2.32. The van der Waals surface area contributed by atoms with Gasteiger partial charge in [-0.15, -0.1) is 0 Å². The van der Waals surface area contributed by atoms with Crippen LogP contribution in [0.5, 0.6) is 5.75 Å². The van der Waals surface area contributed by atoms with E-state index in [0.29, 0.717) is 18.4 Å². The van der Waals surface area contributed by atoms with Gasteiger partial charge in [-0.3, -0.25) is 19.0 Å². The average Bonchev–Trinajstić information content (AvgIpc) is 3.16. The molecule has 0 radical (unpaired) electrons. The summed E-state index contributed by atoms with van der Waals surface area (Å²) in [7, 11) is 1.39. The third kappa shape index (κ3) is 6.05. The highest BCUT2D eigenvalue weighted by molar-refractivity contribution is 6.03. The van der Waals surface area contributed by atoms with Crippen molar-refractivity contribution in [3.8, 4) is 5.75 Å². The predicted molar refractivity (Wildman–Crippen MR) is 131 cm³/mol. The molecule has 2 N–H and O–H groups in total. The highest BCUT2D eigenvalue weighted by Gasteiger charge is 2.34. The number of likely N-dealkylation sites (tertiary alicyclic amines) is 1. The number of aryl methyl sites for hydroxylation is 2. The van der Waals surface area contributed by atoms with Crippen LogP contribution in [-0.4, -0.2) is 74.5 Å². The van der Waals surface area contributed by atoms with Gasteiger partial charge in [0.15, 0.2) is 23.7 Å². The first-order valence-corrected chi connectivity index (χ1v) is 12.1. The minimum Gasteiger partial charge on any atom is -0.481 e. The SMILES string of the molecule is Cc1nc2c(c(OCC(F)(F)F)c(C(=O)NC3CCN(C(=O)CO)CC3)n2C)c(=O)n1Cc1cccc(F)c1. The molecule has 3 aromatic rings. The first-order chi connectivity index (χ1) is 18.4. The van der Waals surface area contributed by atoms with E-state index >= 15 is 0 Å². The molecule has 3 heterocycles. The van der Waals surface area contributed by atoms with E-state index in [9.17, 15) is 31.9 Å². The Hall–Kier alpha value is -3.94. The second-order valence-electron chi connectivity index (χ2n) is 9.31. The van der Waals surface area contributed by atoms with Gasteiger partial charge in [0, 0.05) is 26.2 Å². The fraction of sp³-hybridized carbons (Fsp3) is 0.440. The highest BCUT2D eigenvalue weighted by atomic mass is 19.4. The van der Waals surface area contributed by atoms with E-state index in [1.54, 1.807) is 6.07 Å². The summed E-state index contributed by atoms with van der Waals surface area (Å²) >= 11 is 0. The van der Waals surface area contributed by atoms with Crippen molar-refractivity contribution in [2.75, 3.05) is 26.3 Å². The summed E-state index contributed by atoms with van der Waals surface area (Å²) in [5, 5.41) is 11.5. The van der Waals surface area contributed by atoms with Crippen LogP contribution in [0.3, 0.4) is 0 Å². The summed E-state index contributed by atoms with van der Waals surface area (Å²) < 4.78 is 60.6. The molecule has 210 valence electrons. The molecule has 0 atom stereocenters. The summed E-state index contributed by atoms with van der Waals surface area (Å²) in [5.41, 5.74) is -0.669. The topological polar surface area (TPSA) is 119 Å². The van der Waals surface area contributed by atoms with Crippen molar-refractivity contribution >= 4 is 22.8 Å². The third-order valence-electron chi connectivity index (χ3n) is 6.58. The van der Waals surface area contributed by atoms with Gasteiger partial charge in [-0.1, -0.05) is 12.1 Å². The minimum atomic E-state index is -4.75. The molecule has 4 rings (SSSR count). The van der Waals surface area contributed by atoms with E-state index in [2.05, 4.69) is 10.3 Å². The number of fused-ring (bicyclic) bond motifs is 1. The predicted octanol–water partition coefficient (Wildman–Crippen LogP) is 1.89. The Kier molecular flexibility index (Phi) is 7.95. The molecule has 1 aliphatic heterocycles. The van der Waals surface area contributed by atoms with Crippen LogP contribution < -0.4 is 15.6 Å². The molecule has 10 nitrogen and oxygen atoms in total. The van der Waals surface area contributed by atoms with E-state index in [4.69, 9.17) is 9.84 Å². The molecule has 0 unspecified atom stereocenters. The molecule has 14 heteroatoms. The Morgan fingerprint density at radius 2 is 1.92 bits per heavy atom. The molecule has 1 aliphatic rings. The molecule has 0 spiro atoms. The molecule has 39 heavy (non-hydrogen) atoms. The van der Waals surface area contributed by atoms with Crippen LogP contribution in [0.25, 0.3) is 11.0 Å². The van der Waals surface area contributed by atoms with Gasteiger partial charge in [0.05, 0.1) is 6.54 Å². The molecular formula is C25H27F4N5O5. The Balaban J connectivity index is 1.73. The molecule has 0 aliphatic carbocycles. The summed E-state index contributed by atoms with van der Waals surface area (Å²) in [6.07, 6.45) is -4.03. The molecule has 2 amide bonds. The van der Waals surface area contributed by atoms with Gasteiger partial charge in [0.2, 0.25) is 5.91 Å². The van der Waals surface area contributed by atoms with E-state index in [1.807, 2.05) is 0 Å². The summed E-state index contributed by atoms with van der Waals surface area (Å²) in [6.45, 7) is -0.400. The van der Waals surface area contributed by atoms with Crippen molar-refractivity contribution in [1.82, 2.24) is 24.3 Å². The maximum atomic E-state index is 13.7. The van der Waals surface area contributed by atoms with Gasteiger partial charge in [0.1, 0.15) is 23.6 Å². The monoisotopic (exact) mass is 553 g/mol. The smallest absolute Gasteiger partial charge is 0.422 e. The molecule has 0 bridgehead atoms. The maximum absolute atomic E-state index is 13.7. The molecular weight excluding hydrogens is 526 g/mol. The number of carbonyl (C=O) groups is 2. The van der Waals surface area contributed by atoms with Gasteiger partial charge in [-0.05, 0) is 37.5 Å². The van der Waals surface area contributed by atoms with Gasteiger partial charge >= 0.3 is 6.18 Å². The zero-order valence-corrected chi connectivity index (χ0v) is 21.2. The fourth-order valence-electron chi connectivity index (χ4n) is 4.65. The number of rotatable bonds is 7. The summed E-state index contributed by atoms with van der Waals surface area (Å²) in [5.74, 6) is -2.08. The van der Waals surface area contributed by atoms with Gasteiger partial charge in [-0.2, -0.15) is 13.2 Å². The second-order valence-corrected chi connectivity index (χ2v) is 9.31. The Morgan fingerprint density at radius 1 is 1.23 bits per heavy atom. The average molecular weight is 554 g/mol. The second kappa shape index (κ2) is 11.0. The number of ether oxygens (including phenoxy) is 1. The Labute approximate surface area is 219 Å². The lowest BCUT2D eigenvalue weighted by Crippen LogP contribution is -2.47. The number of piperidine rings is 1. The summed E-state index contributed by atoms with van der Waals surface area (Å²) in [4.78, 5) is 44.4. The normalized spacial score (nSPS) is 14.6. The van der Waals surface area contributed by atoms with Crippen molar-refractivity contribution in [1.29, 1.82) is 0 Å². The van der Waals surface area contributed by atoms with Crippen LogP contribution in [0.4, 0.5) is 17.6 Å². The number of nitrogens with zero attached hydrogens (tertiary/aromatic N) is 4. The largest absolute Gasteiger partial charge is 0.481 e.